The van der Waals surface area contributed by atoms with Crippen molar-refractivity contribution in [1.82, 2.24) is 5.32 Å². The van der Waals surface area contributed by atoms with Crippen molar-refractivity contribution in [3.63, 3.8) is 0 Å². The Kier molecular flexibility index (Phi) is 52.6. The van der Waals surface area contributed by atoms with Gasteiger partial charge >= 0.3 is 5.97 Å². The topological polar surface area (TPSA) is 95.9 Å². The number of rotatable bonds is 53. The predicted molar refractivity (Wildman–Crippen MR) is 278 cm³/mol. The maximum absolute atomic E-state index is 12.5. The summed E-state index contributed by atoms with van der Waals surface area (Å²) in [7, 11) is 0. The van der Waals surface area contributed by atoms with Crippen molar-refractivity contribution >= 4 is 11.9 Å². The molecule has 0 fully saturated rings. The van der Waals surface area contributed by atoms with E-state index < -0.39 is 12.1 Å². The van der Waals surface area contributed by atoms with Gasteiger partial charge in [0, 0.05) is 12.8 Å². The van der Waals surface area contributed by atoms with Crippen molar-refractivity contribution in [3.8, 4) is 0 Å². The molecule has 0 aliphatic rings. The second kappa shape index (κ2) is 54.0. The molecule has 0 aliphatic carbocycles. The van der Waals surface area contributed by atoms with Gasteiger partial charge in [0.15, 0.2) is 0 Å². The van der Waals surface area contributed by atoms with Crippen molar-refractivity contribution in [2.75, 3.05) is 13.2 Å². The van der Waals surface area contributed by atoms with Gasteiger partial charge in [0.25, 0.3) is 0 Å². The minimum Gasteiger partial charge on any atom is -0.466 e. The molecule has 2 atom stereocenters. The van der Waals surface area contributed by atoms with Gasteiger partial charge in [-0.25, -0.2) is 0 Å². The van der Waals surface area contributed by atoms with Crippen LogP contribution in [0.15, 0.2) is 24.3 Å². The Hall–Kier alpha value is -1.66. The molecule has 2 unspecified atom stereocenters. The molecule has 378 valence electrons. The molecule has 3 N–H and O–H groups in total. The number of allylic oxidation sites excluding steroid dienone is 3. The van der Waals surface area contributed by atoms with E-state index in [0.717, 1.165) is 57.8 Å². The second-order valence-corrected chi connectivity index (χ2v) is 19.6. The van der Waals surface area contributed by atoms with Crippen molar-refractivity contribution in [1.29, 1.82) is 0 Å². The lowest BCUT2D eigenvalue weighted by Gasteiger charge is -2.20. The Morgan fingerprint density at radius 1 is 0.422 bits per heavy atom. The molecule has 0 radical (unpaired) electrons. The molecule has 0 spiro atoms. The highest BCUT2D eigenvalue weighted by Gasteiger charge is 2.18. The van der Waals surface area contributed by atoms with Crippen LogP contribution in [0.5, 0.6) is 0 Å². The first-order valence-electron chi connectivity index (χ1n) is 28.6. The molecule has 0 saturated heterocycles. The first kappa shape index (κ1) is 62.3. The third-order valence-electron chi connectivity index (χ3n) is 13.2. The van der Waals surface area contributed by atoms with Crippen LogP contribution in [0, 0.1) is 0 Å². The van der Waals surface area contributed by atoms with Crippen molar-refractivity contribution in [2.24, 2.45) is 0 Å². The van der Waals surface area contributed by atoms with Crippen molar-refractivity contribution in [2.45, 2.75) is 321 Å². The number of carbonyl (C=O) groups is 2. The lowest BCUT2D eigenvalue weighted by Crippen LogP contribution is -2.45. The highest BCUT2D eigenvalue weighted by atomic mass is 16.5. The van der Waals surface area contributed by atoms with Crippen LogP contribution in [-0.4, -0.2) is 47.4 Å². The third kappa shape index (κ3) is 49.8. The number of amides is 1. The van der Waals surface area contributed by atoms with Gasteiger partial charge in [-0.3, -0.25) is 9.59 Å². The van der Waals surface area contributed by atoms with Gasteiger partial charge in [-0.15, -0.1) is 0 Å². The standard InChI is InChI=1S/C58H111NO5/c1-3-5-7-9-11-13-15-17-19-21-23-25-27-29-31-34-38-42-46-50-56(61)55(54-60)59-57(62)51-47-43-39-35-33-37-41-45-49-53-64-58(63)52-48-44-40-36-32-30-28-26-24-22-20-18-16-14-12-10-8-6-4-2/h18,20,46,50,55-56,60-61H,3-17,19,21-45,47-49,51-54H2,1-2H3,(H,59,62)/b20-18-,50-46+. The highest BCUT2D eigenvalue weighted by molar-refractivity contribution is 5.76. The molecule has 0 bridgehead atoms. The summed E-state index contributed by atoms with van der Waals surface area (Å²) in [6.45, 7) is 4.85. The lowest BCUT2D eigenvalue weighted by atomic mass is 10.0. The SMILES string of the molecule is CCCCCCCC/C=C\CCCCCCCCCCCC(=O)OCCCCCCCCCCCC(=O)NC(CO)C(O)/C=C/CCCCCCCCCCCCCCCCCCC. The van der Waals surface area contributed by atoms with Crippen molar-refractivity contribution < 1.29 is 24.5 Å². The van der Waals surface area contributed by atoms with Crippen LogP contribution >= 0.6 is 0 Å². The summed E-state index contributed by atoms with van der Waals surface area (Å²) >= 11 is 0. The Bertz CT molecular complexity index is 997. The molecule has 0 saturated carbocycles. The fraction of sp³-hybridized carbons (Fsp3) is 0.897. The van der Waals surface area contributed by atoms with E-state index in [4.69, 9.17) is 4.74 Å². The normalized spacial score (nSPS) is 12.8. The molecule has 64 heavy (non-hydrogen) atoms. The van der Waals surface area contributed by atoms with E-state index in [2.05, 4.69) is 31.3 Å². The molecule has 0 rings (SSSR count). The van der Waals surface area contributed by atoms with Gasteiger partial charge in [0.1, 0.15) is 0 Å². The van der Waals surface area contributed by atoms with Crippen LogP contribution < -0.4 is 5.32 Å². The third-order valence-corrected chi connectivity index (χ3v) is 13.2. The molecule has 0 aliphatic heterocycles. The van der Waals surface area contributed by atoms with E-state index >= 15 is 0 Å². The van der Waals surface area contributed by atoms with Gasteiger partial charge in [0.2, 0.25) is 5.91 Å². The molecule has 0 aromatic carbocycles. The number of hydrogen-bond donors (Lipinski definition) is 3. The summed E-state index contributed by atoms with van der Waals surface area (Å²) in [4.78, 5) is 24.6. The van der Waals surface area contributed by atoms with Crippen molar-refractivity contribution in [3.05, 3.63) is 24.3 Å². The Morgan fingerprint density at radius 2 is 0.734 bits per heavy atom. The molecule has 0 aromatic rings. The summed E-state index contributed by atoms with van der Waals surface area (Å²) in [6, 6.07) is -0.648. The van der Waals surface area contributed by atoms with Crippen LogP contribution in [0.3, 0.4) is 0 Å². The molecular formula is C58H111NO5. The average molecular weight is 903 g/mol. The number of carbonyl (C=O) groups excluding carboxylic acids is 2. The Balaban J connectivity index is 3.50. The molecule has 6 heteroatoms. The maximum Gasteiger partial charge on any atom is 0.305 e. The minimum atomic E-state index is -0.862. The fourth-order valence-corrected chi connectivity index (χ4v) is 8.81. The lowest BCUT2D eigenvalue weighted by molar-refractivity contribution is -0.143. The molecule has 1 amide bonds. The predicted octanol–water partition coefficient (Wildman–Crippen LogP) is 17.5. The highest BCUT2D eigenvalue weighted by Crippen LogP contribution is 2.17. The molecule has 0 heterocycles. The van der Waals surface area contributed by atoms with Gasteiger partial charge in [-0.2, -0.15) is 0 Å². The number of nitrogens with one attached hydrogen (secondary N) is 1. The number of aliphatic hydroxyl groups is 2. The number of ether oxygens (including phenoxy) is 1. The summed E-state index contributed by atoms with van der Waals surface area (Å²) in [5.41, 5.74) is 0. The molecule has 0 aromatic heterocycles. The molecule has 6 nitrogen and oxygen atoms in total. The van der Waals surface area contributed by atoms with E-state index in [1.807, 2.05) is 6.08 Å². The smallest absolute Gasteiger partial charge is 0.305 e. The largest absolute Gasteiger partial charge is 0.466 e. The van der Waals surface area contributed by atoms with Gasteiger partial charge < -0.3 is 20.3 Å². The minimum absolute atomic E-state index is 0.0272. The van der Waals surface area contributed by atoms with Crippen LogP contribution in [0.1, 0.15) is 309 Å². The maximum atomic E-state index is 12.5. The Morgan fingerprint density at radius 3 is 1.11 bits per heavy atom. The number of hydrogen-bond acceptors (Lipinski definition) is 5. The van der Waals surface area contributed by atoms with E-state index in [1.54, 1.807) is 6.08 Å². The van der Waals surface area contributed by atoms with Gasteiger partial charge in [-0.05, 0) is 57.8 Å². The number of unbranched alkanes of at least 4 members (excludes halogenated alkanes) is 40. The zero-order chi connectivity index (χ0) is 46.5. The zero-order valence-electron chi connectivity index (χ0n) is 43.0. The zero-order valence-corrected chi connectivity index (χ0v) is 43.0. The second-order valence-electron chi connectivity index (χ2n) is 19.6. The first-order valence-corrected chi connectivity index (χ1v) is 28.6. The summed E-state index contributed by atoms with van der Waals surface area (Å²) in [5, 5.41) is 23.1. The van der Waals surface area contributed by atoms with Crippen LogP contribution in [0.25, 0.3) is 0 Å². The number of aliphatic hydroxyl groups excluding tert-OH is 2. The van der Waals surface area contributed by atoms with E-state index in [-0.39, 0.29) is 18.5 Å². The van der Waals surface area contributed by atoms with E-state index in [1.165, 1.54) is 225 Å². The van der Waals surface area contributed by atoms with Crippen LogP contribution in [0.2, 0.25) is 0 Å². The van der Waals surface area contributed by atoms with E-state index in [9.17, 15) is 19.8 Å². The molecular weight excluding hydrogens is 791 g/mol. The summed E-state index contributed by atoms with van der Waals surface area (Å²) in [6.07, 6.45) is 64.8. The fourth-order valence-electron chi connectivity index (χ4n) is 8.81. The van der Waals surface area contributed by atoms with Crippen LogP contribution in [0.4, 0.5) is 0 Å². The van der Waals surface area contributed by atoms with E-state index in [0.29, 0.717) is 19.4 Å². The summed E-state index contributed by atoms with van der Waals surface area (Å²) < 4.78 is 5.47. The van der Waals surface area contributed by atoms with Gasteiger partial charge in [-0.1, -0.05) is 263 Å². The monoisotopic (exact) mass is 902 g/mol. The van der Waals surface area contributed by atoms with Crippen LogP contribution in [-0.2, 0) is 14.3 Å². The van der Waals surface area contributed by atoms with Gasteiger partial charge in [0.05, 0.1) is 25.4 Å². The quantitative estimate of drug-likeness (QED) is 0.0321. The average Bonchev–Trinajstić information content (AvgIpc) is 3.29. The first-order chi connectivity index (χ1) is 31.5. The summed E-state index contributed by atoms with van der Waals surface area (Å²) in [5.74, 6) is -0.120. The Labute approximate surface area is 399 Å². The number of esters is 1.